The van der Waals surface area contributed by atoms with E-state index >= 15 is 0 Å². The summed E-state index contributed by atoms with van der Waals surface area (Å²) in [6.45, 7) is 4.89. The van der Waals surface area contributed by atoms with Crippen molar-refractivity contribution in [3.8, 4) is 0 Å². The summed E-state index contributed by atoms with van der Waals surface area (Å²) in [4.78, 5) is 24.4. The molecule has 3 heterocycles. The number of carbonyl (C=O) groups excluding carboxylic acids is 1. The Labute approximate surface area is 151 Å². The summed E-state index contributed by atoms with van der Waals surface area (Å²) in [6, 6.07) is 0. The van der Waals surface area contributed by atoms with Gasteiger partial charge in [0.2, 0.25) is 0 Å². The lowest BCUT2D eigenvalue weighted by atomic mass is 9.97. The number of hydrogen-bond donors (Lipinski definition) is 1. The van der Waals surface area contributed by atoms with Gasteiger partial charge in [0.25, 0.3) is 5.91 Å². The summed E-state index contributed by atoms with van der Waals surface area (Å²) in [5, 5.41) is 0.462. The Hall–Kier alpha value is -1.93. The molecule has 1 aliphatic heterocycles. The second-order valence-electron chi connectivity index (χ2n) is 6.24. The van der Waals surface area contributed by atoms with Crippen LogP contribution in [0.25, 0.3) is 0 Å². The molecule has 1 amide bonds. The molecular weight excluding hydrogens is 338 g/mol. The number of ether oxygens (including phenoxy) is 1. The fourth-order valence-electron chi connectivity index (χ4n) is 3.35. The maximum Gasteiger partial charge on any atom is 0.265 e. The van der Waals surface area contributed by atoms with Crippen LogP contribution in [0.1, 0.15) is 46.9 Å². The van der Waals surface area contributed by atoms with Crippen LogP contribution in [-0.2, 0) is 17.7 Å². The molecule has 1 saturated heterocycles. The molecule has 1 aliphatic rings. The summed E-state index contributed by atoms with van der Waals surface area (Å²) >= 11 is 1.29. The first-order valence-corrected chi connectivity index (χ1v) is 9.50. The molecule has 1 atom stereocenters. The molecule has 7 nitrogen and oxygen atoms in total. The van der Waals surface area contributed by atoms with Gasteiger partial charge in [0.15, 0.2) is 5.13 Å². The van der Waals surface area contributed by atoms with Crippen LogP contribution in [0.2, 0.25) is 0 Å². The number of aromatic nitrogens is 3. The van der Waals surface area contributed by atoms with Crippen molar-refractivity contribution in [2.75, 3.05) is 32.5 Å². The molecule has 0 radical (unpaired) electrons. The summed E-state index contributed by atoms with van der Waals surface area (Å²) in [7, 11) is 1.70. The lowest BCUT2D eigenvalue weighted by Crippen LogP contribution is -2.39. The molecule has 2 aromatic rings. The second-order valence-corrected chi connectivity index (χ2v) is 7.27. The molecule has 0 aromatic carbocycles. The highest BCUT2D eigenvalue weighted by atomic mass is 32.1. The highest BCUT2D eigenvalue weighted by molar-refractivity contribution is 7.17. The second kappa shape index (κ2) is 7.97. The van der Waals surface area contributed by atoms with Crippen LogP contribution in [-0.4, -0.2) is 52.1 Å². The number of amides is 1. The van der Waals surface area contributed by atoms with Crippen LogP contribution in [0.15, 0.2) is 12.4 Å². The quantitative estimate of drug-likeness (QED) is 0.850. The minimum Gasteiger partial charge on any atom is -0.383 e. The maximum absolute atomic E-state index is 13.0. The van der Waals surface area contributed by atoms with Gasteiger partial charge in [-0.2, -0.15) is 0 Å². The van der Waals surface area contributed by atoms with E-state index in [-0.39, 0.29) is 11.8 Å². The zero-order valence-electron chi connectivity index (χ0n) is 14.8. The summed E-state index contributed by atoms with van der Waals surface area (Å²) in [6.07, 6.45) is 6.54. The van der Waals surface area contributed by atoms with E-state index in [2.05, 4.69) is 14.5 Å². The first kappa shape index (κ1) is 17.9. The standard InChI is InChI=1S/C17H25N5O2S/c1-3-13-14(25-17(18)20-13)16(23)22-7-4-5-12(11-22)15-19-6-8-21(15)9-10-24-2/h6,8,12H,3-5,7,9-11H2,1-2H3,(H2,18,20)/t12-/m0/s1. The zero-order chi connectivity index (χ0) is 17.8. The highest BCUT2D eigenvalue weighted by Gasteiger charge is 2.30. The van der Waals surface area contributed by atoms with Gasteiger partial charge in [0.05, 0.1) is 12.3 Å². The number of carbonyl (C=O) groups is 1. The molecule has 25 heavy (non-hydrogen) atoms. The molecule has 2 N–H and O–H groups in total. The predicted molar refractivity (Wildman–Crippen MR) is 97.9 cm³/mol. The van der Waals surface area contributed by atoms with Crippen molar-refractivity contribution < 1.29 is 9.53 Å². The number of methoxy groups -OCH3 is 1. The van der Waals surface area contributed by atoms with Gasteiger partial charge in [-0.25, -0.2) is 9.97 Å². The Kier molecular flexibility index (Phi) is 5.70. The van der Waals surface area contributed by atoms with Gasteiger partial charge in [-0.05, 0) is 19.3 Å². The first-order valence-electron chi connectivity index (χ1n) is 8.68. The summed E-state index contributed by atoms with van der Waals surface area (Å²) in [5.41, 5.74) is 6.61. The molecule has 0 unspecified atom stereocenters. The normalized spacial score (nSPS) is 17.8. The van der Waals surface area contributed by atoms with Gasteiger partial charge < -0.3 is 19.9 Å². The van der Waals surface area contributed by atoms with Crippen molar-refractivity contribution >= 4 is 22.4 Å². The van der Waals surface area contributed by atoms with Crippen molar-refractivity contribution in [2.45, 2.75) is 38.6 Å². The van der Waals surface area contributed by atoms with Crippen molar-refractivity contribution in [1.82, 2.24) is 19.4 Å². The molecule has 136 valence electrons. The minimum absolute atomic E-state index is 0.0470. The molecular formula is C17H25N5O2S. The molecule has 0 spiro atoms. The Morgan fingerprint density at radius 2 is 2.36 bits per heavy atom. The third-order valence-electron chi connectivity index (χ3n) is 4.60. The molecule has 0 aliphatic carbocycles. The number of nitrogens with zero attached hydrogens (tertiary/aromatic N) is 4. The highest BCUT2D eigenvalue weighted by Crippen LogP contribution is 2.29. The maximum atomic E-state index is 13.0. The van der Waals surface area contributed by atoms with E-state index in [4.69, 9.17) is 10.5 Å². The van der Waals surface area contributed by atoms with Crippen LogP contribution in [0.4, 0.5) is 5.13 Å². The summed E-state index contributed by atoms with van der Waals surface area (Å²) in [5.74, 6) is 1.33. The van der Waals surface area contributed by atoms with Gasteiger partial charge in [-0.1, -0.05) is 18.3 Å². The molecule has 0 saturated carbocycles. The Morgan fingerprint density at radius 1 is 1.52 bits per heavy atom. The van der Waals surface area contributed by atoms with Crippen molar-refractivity contribution in [1.29, 1.82) is 0 Å². The molecule has 2 aromatic heterocycles. The van der Waals surface area contributed by atoms with Crippen LogP contribution in [0, 0.1) is 0 Å². The number of thiazole rings is 1. The van der Waals surface area contributed by atoms with E-state index < -0.39 is 0 Å². The van der Waals surface area contributed by atoms with E-state index in [0.717, 1.165) is 37.4 Å². The fraction of sp³-hybridized carbons (Fsp3) is 0.588. The third kappa shape index (κ3) is 3.85. The van der Waals surface area contributed by atoms with Gasteiger partial charge in [-0.3, -0.25) is 4.79 Å². The largest absolute Gasteiger partial charge is 0.383 e. The number of likely N-dealkylation sites (tertiary alicyclic amines) is 1. The van der Waals surface area contributed by atoms with Gasteiger partial charge in [-0.15, -0.1) is 0 Å². The van der Waals surface area contributed by atoms with Crippen LogP contribution >= 0.6 is 11.3 Å². The third-order valence-corrected chi connectivity index (χ3v) is 5.52. The predicted octanol–water partition coefficient (Wildman–Crippen LogP) is 2.15. The summed E-state index contributed by atoms with van der Waals surface area (Å²) < 4.78 is 7.30. The SMILES string of the molecule is CCc1nc(N)sc1C(=O)N1CCC[C@H](c2nccn2CCOC)C1. The van der Waals surface area contributed by atoms with Crippen molar-refractivity contribution in [3.63, 3.8) is 0 Å². The monoisotopic (exact) mass is 363 g/mol. The fourth-order valence-corrected chi connectivity index (χ4v) is 4.24. The van der Waals surface area contributed by atoms with Crippen LogP contribution < -0.4 is 5.73 Å². The van der Waals surface area contributed by atoms with E-state index in [1.54, 1.807) is 7.11 Å². The van der Waals surface area contributed by atoms with E-state index in [1.807, 2.05) is 24.2 Å². The molecule has 3 rings (SSSR count). The van der Waals surface area contributed by atoms with Gasteiger partial charge in [0, 0.05) is 45.1 Å². The molecule has 0 bridgehead atoms. The zero-order valence-corrected chi connectivity index (χ0v) is 15.6. The Bertz CT molecular complexity index is 726. The van der Waals surface area contributed by atoms with Crippen molar-refractivity contribution in [2.24, 2.45) is 0 Å². The van der Waals surface area contributed by atoms with E-state index in [1.165, 1.54) is 11.3 Å². The van der Waals surface area contributed by atoms with Gasteiger partial charge in [0.1, 0.15) is 10.7 Å². The molecule has 1 fully saturated rings. The van der Waals surface area contributed by atoms with Gasteiger partial charge >= 0.3 is 0 Å². The average molecular weight is 363 g/mol. The minimum atomic E-state index is 0.0470. The lowest BCUT2D eigenvalue weighted by molar-refractivity contribution is 0.0706. The topological polar surface area (TPSA) is 86.3 Å². The smallest absolute Gasteiger partial charge is 0.265 e. The number of hydrogen-bond acceptors (Lipinski definition) is 6. The van der Waals surface area contributed by atoms with Crippen molar-refractivity contribution in [3.05, 3.63) is 28.8 Å². The molecule has 8 heteroatoms. The van der Waals surface area contributed by atoms with Crippen LogP contribution in [0.5, 0.6) is 0 Å². The number of piperidine rings is 1. The lowest BCUT2D eigenvalue weighted by Gasteiger charge is -2.32. The number of anilines is 1. The van der Waals surface area contributed by atoms with Crippen LogP contribution in [0.3, 0.4) is 0 Å². The Balaban J connectivity index is 1.75. The van der Waals surface area contributed by atoms with E-state index in [0.29, 0.717) is 29.6 Å². The Morgan fingerprint density at radius 3 is 3.12 bits per heavy atom. The number of nitrogen functional groups attached to an aromatic ring is 1. The number of nitrogens with two attached hydrogens (primary N) is 1. The average Bonchev–Trinajstić information content (AvgIpc) is 3.25. The first-order chi connectivity index (χ1) is 12.1. The number of rotatable bonds is 6. The number of aryl methyl sites for hydroxylation is 1. The van der Waals surface area contributed by atoms with E-state index in [9.17, 15) is 4.79 Å². The number of imidazole rings is 1.